The number of hydrogen-bond donors (Lipinski definition) is 2. The molecule has 0 saturated carbocycles. The molecule has 3 aromatic rings. The average Bonchev–Trinajstić information content (AvgIpc) is 3.40. The fourth-order valence-corrected chi connectivity index (χ4v) is 5.10. The SMILES string of the molecule is COc1ccc([C@H]2CC(=O)C3=C(C2)Nc2nc(N)nn2[C@@H]3c2cccs2)cc1OC. The van der Waals surface area contributed by atoms with Crippen LogP contribution in [0, 0.1) is 0 Å². The zero-order valence-corrected chi connectivity index (χ0v) is 17.4. The second-order valence-corrected chi connectivity index (χ2v) is 8.30. The highest BCUT2D eigenvalue weighted by molar-refractivity contribution is 7.10. The number of thiophene rings is 1. The third kappa shape index (κ3) is 2.93. The summed E-state index contributed by atoms with van der Waals surface area (Å²) < 4.78 is 12.5. The van der Waals surface area contributed by atoms with Crippen LogP contribution in [0.5, 0.6) is 11.5 Å². The van der Waals surface area contributed by atoms with Crippen molar-refractivity contribution < 1.29 is 14.3 Å². The van der Waals surface area contributed by atoms with Crippen LogP contribution in [0.3, 0.4) is 0 Å². The highest BCUT2D eigenvalue weighted by Crippen LogP contribution is 2.45. The van der Waals surface area contributed by atoms with E-state index in [2.05, 4.69) is 15.4 Å². The van der Waals surface area contributed by atoms with Crippen molar-refractivity contribution in [3.05, 3.63) is 57.4 Å². The van der Waals surface area contributed by atoms with Crippen molar-refractivity contribution in [1.29, 1.82) is 0 Å². The number of ketones is 1. The van der Waals surface area contributed by atoms with Crippen LogP contribution in [0.1, 0.15) is 35.2 Å². The topological polar surface area (TPSA) is 104 Å². The van der Waals surface area contributed by atoms with Crippen LogP contribution in [0.15, 0.2) is 47.0 Å². The molecule has 5 rings (SSSR count). The summed E-state index contributed by atoms with van der Waals surface area (Å²) in [5.74, 6) is 2.19. The Morgan fingerprint density at radius 2 is 2.03 bits per heavy atom. The lowest BCUT2D eigenvalue weighted by atomic mass is 9.79. The Bertz CT molecular complexity index is 1150. The Labute approximate surface area is 177 Å². The molecule has 0 unspecified atom stereocenters. The van der Waals surface area contributed by atoms with E-state index in [9.17, 15) is 4.79 Å². The molecular weight excluding hydrogens is 402 g/mol. The van der Waals surface area contributed by atoms with E-state index in [1.807, 2.05) is 35.7 Å². The van der Waals surface area contributed by atoms with Crippen LogP contribution < -0.4 is 20.5 Å². The minimum atomic E-state index is -0.306. The maximum atomic E-state index is 13.4. The number of Topliss-reactive ketones (excluding diaryl/α,β-unsaturated/α-hetero) is 1. The fraction of sp³-hybridized carbons (Fsp3) is 0.286. The first-order valence-electron chi connectivity index (χ1n) is 9.59. The van der Waals surface area contributed by atoms with Crippen molar-refractivity contribution in [1.82, 2.24) is 14.8 Å². The van der Waals surface area contributed by atoms with Gasteiger partial charge in [0.05, 0.1) is 14.2 Å². The zero-order chi connectivity index (χ0) is 20.8. The molecule has 2 aliphatic rings. The smallest absolute Gasteiger partial charge is 0.241 e. The van der Waals surface area contributed by atoms with Gasteiger partial charge < -0.3 is 20.5 Å². The van der Waals surface area contributed by atoms with Crippen molar-refractivity contribution in [2.45, 2.75) is 24.8 Å². The summed E-state index contributed by atoms with van der Waals surface area (Å²) in [5.41, 5.74) is 8.52. The van der Waals surface area contributed by atoms with Gasteiger partial charge in [-0.1, -0.05) is 12.1 Å². The summed E-state index contributed by atoms with van der Waals surface area (Å²) in [5, 5.41) is 9.65. The Morgan fingerprint density at radius 1 is 1.20 bits per heavy atom. The number of aromatic nitrogens is 3. The number of nitrogens with one attached hydrogen (secondary N) is 1. The van der Waals surface area contributed by atoms with E-state index in [4.69, 9.17) is 15.2 Å². The van der Waals surface area contributed by atoms with Gasteiger partial charge in [0.2, 0.25) is 11.9 Å². The lowest BCUT2D eigenvalue weighted by Crippen LogP contribution is -2.33. The molecule has 1 aliphatic carbocycles. The van der Waals surface area contributed by atoms with Crippen molar-refractivity contribution in [2.24, 2.45) is 0 Å². The zero-order valence-electron chi connectivity index (χ0n) is 16.6. The molecule has 0 radical (unpaired) electrons. The third-order valence-electron chi connectivity index (χ3n) is 5.63. The van der Waals surface area contributed by atoms with Crippen LogP contribution in [-0.4, -0.2) is 34.8 Å². The molecule has 0 bridgehead atoms. The number of nitrogens with two attached hydrogens (primary N) is 1. The monoisotopic (exact) mass is 423 g/mol. The Kier molecular flexibility index (Phi) is 4.47. The van der Waals surface area contributed by atoms with E-state index >= 15 is 0 Å². The van der Waals surface area contributed by atoms with E-state index in [0.29, 0.717) is 30.3 Å². The van der Waals surface area contributed by atoms with Crippen molar-refractivity contribution in [3.8, 4) is 11.5 Å². The van der Waals surface area contributed by atoms with Gasteiger partial charge in [-0.15, -0.1) is 16.4 Å². The molecule has 2 atom stereocenters. The maximum absolute atomic E-state index is 13.4. The highest BCUT2D eigenvalue weighted by atomic mass is 32.1. The third-order valence-corrected chi connectivity index (χ3v) is 6.55. The molecule has 30 heavy (non-hydrogen) atoms. The van der Waals surface area contributed by atoms with Crippen molar-refractivity contribution in [3.63, 3.8) is 0 Å². The van der Waals surface area contributed by atoms with Gasteiger partial charge >= 0.3 is 0 Å². The highest BCUT2D eigenvalue weighted by Gasteiger charge is 2.40. The van der Waals surface area contributed by atoms with Crippen LogP contribution in [0.2, 0.25) is 0 Å². The number of hydrogen-bond acceptors (Lipinski definition) is 8. The molecule has 0 fully saturated rings. The fourth-order valence-electron chi connectivity index (χ4n) is 4.28. The van der Waals surface area contributed by atoms with Gasteiger partial charge in [-0.05, 0) is 41.5 Å². The first-order valence-corrected chi connectivity index (χ1v) is 10.5. The number of anilines is 2. The predicted octanol–water partition coefficient (Wildman–Crippen LogP) is 3.35. The van der Waals surface area contributed by atoms with E-state index < -0.39 is 0 Å². The first-order chi connectivity index (χ1) is 14.6. The molecule has 9 heteroatoms. The Hall–Kier alpha value is -3.33. The lowest BCUT2D eigenvalue weighted by molar-refractivity contribution is -0.116. The van der Waals surface area contributed by atoms with Crippen molar-refractivity contribution in [2.75, 3.05) is 25.3 Å². The number of fused-ring (bicyclic) bond motifs is 1. The lowest BCUT2D eigenvalue weighted by Gasteiger charge is -2.34. The standard InChI is InChI=1S/C21H21N5O3S/c1-28-15-6-5-11(10-16(15)29-2)12-8-13-18(14(27)9-12)19(17-4-3-7-30-17)26-21(23-13)24-20(22)25-26/h3-7,10,12,19H,8-9H2,1-2H3,(H3,22,23,24,25)/t12-,19-/m1/s1. The molecule has 0 amide bonds. The molecule has 8 nitrogen and oxygen atoms in total. The van der Waals surface area contributed by atoms with Crippen molar-refractivity contribution >= 4 is 29.0 Å². The van der Waals surface area contributed by atoms with Gasteiger partial charge in [-0.2, -0.15) is 4.98 Å². The molecule has 3 N–H and O–H groups in total. The van der Waals surface area contributed by atoms with Gasteiger partial charge in [0.25, 0.3) is 0 Å². The second-order valence-electron chi connectivity index (χ2n) is 7.32. The van der Waals surface area contributed by atoms with Crippen LogP contribution in [0.4, 0.5) is 11.9 Å². The summed E-state index contributed by atoms with van der Waals surface area (Å²) in [4.78, 5) is 18.7. The molecule has 0 spiro atoms. The van der Waals surface area contributed by atoms with Gasteiger partial charge in [0.1, 0.15) is 6.04 Å². The van der Waals surface area contributed by atoms with E-state index in [0.717, 1.165) is 21.7 Å². The number of carbonyl (C=O) groups is 1. The minimum Gasteiger partial charge on any atom is -0.493 e. The number of methoxy groups -OCH3 is 2. The van der Waals surface area contributed by atoms with Gasteiger partial charge in [0, 0.05) is 22.6 Å². The Morgan fingerprint density at radius 3 is 2.77 bits per heavy atom. The van der Waals surface area contributed by atoms with Crippen LogP contribution >= 0.6 is 11.3 Å². The number of nitrogens with zero attached hydrogens (tertiary/aromatic N) is 3. The summed E-state index contributed by atoms with van der Waals surface area (Å²) in [6.45, 7) is 0. The molecule has 0 saturated heterocycles. The second kappa shape index (κ2) is 7.17. The summed E-state index contributed by atoms with van der Waals surface area (Å²) >= 11 is 1.59. The Balaban J connectivity index is 1.56. The predicted molar refractivity (Wildman–Crippen MR) is 114 cm³/mol. The number of ether oxygens (including phenoxy) is 2. The van der Waals surface area contributed by atoms with Crippen LogP contribution in [-0.2, 0) is 4.79 Å². The number of carbonyl (C=O) groups excluding carboxylic acids is 1. The summed E-state index contributed by atoms with van der Waals surface area (Å²) in [7, 11) is 3.22. The average molecular weight is 423 g/mol. The number of benzene rings is 1. The summed E-state index contributed by atoms with van der Waals surface area (Å²) in [6.07, 6.45) is 1.10. The van der Waals surface area contributed by atoms with E-state index in [1.54, 1.807) is 30.2 Å². The van der Waals surface area contributed by atoms with Gasteiger partial charge in [0.15, 0.2) is 17.3 Å². The van der Waals surface area contributed by atoms with Crippen LogP contribution in [0.25, 0.3) is 0 Å². The van der Waals surface area contributed by atoms with E-state index in [-0.39, 0.29) is 23.7 Å². The maximum Gasteiger partial charge on any atom is 0.241 e. The quantitative estimate of drug-likeness (QED) is 0.663. The molecule has 2 aromatic heterocycles. The molecule has 1 aliphatic heterocycles. The molecule has 3 heterocycles. The van der Waals surface area contributed by atoms with Gasteiger partial charge in [-0.3, -0.25) is 4.79 Å². The molecular formula is C21H21N5O3S. The van der Waals surface area contributed by atoms with E-state index in [1.165, 1.54) is 0 Å². The largest absolute Gasteiger partial charge is 0.493 e. The number of allylic oxidation sites excluding steroid dienone is 2. The first kappa shape index (κ1) is 18.7. The normalized spacial score (nSPS) is 20.4. The molecule has 154 valence electrons. The number of rotatable bonds is 4. The number of nitrogen functional groups attached to an aromatic ring is 1. The van der Waals surface area contributed by atoms with Gasteiger partial charge in [-0.25, -0.2) is 4.68 Å². The molecule has 1 aromatic carbocycles. The summed E-state index contributed by atoms with van der Waals surface area (Å²) in [6, 6.07) is 9.50. The minimum absolute atomic E-state index is 0.0272.